The van der Waals surface area contributed by atoms with Gasteiger partial charge >= 0.3 is 0 Å². The van der Waals surface area contributed by atoms with Crippen LogP contribution >= 0.6 is 0 Å². The van der Waals surface area contributed by atoms with Crippen molar-refractivity contribution in [3.05, 3.63) is 289 Å². The van der Waals surface area contributed by atoms with E-state index in [0.717, 1.165) is 89.4 Å². The van der Waals surface area contributed by atoms with Gasteiger partial charge in [0.05, 0.1) is 33.2 Å². The minimum Gasteiger partial charge on any atom is -0.456 e. The van der Waals surface area contributed by atoms with Crippen LogP contribution in [0.1, 0.15) is 22.3 Å². The van der Waals surface area contributed by atoms with Crippen LogP contribution in [0.25, 0.3) is 66.1 Å². The van der Waals surface area contributed by atoms with Crippen molar-refractivity contribution in [1.82, 2.24) is 0 Å². The van der Waals surface area contributed by atoms with Crippen LogP contribution in [0.4, 0.5) is 51.2 Å². The van der Waals surface area contributed by atoms with Gasteiger partial charge in [-0.15, -0.1) is 0 Å². The molecule has 18 rings (SSSR count). The Morgan fingerprint density at radius 2 is 0.835 bits per heavy atom. The maximum absolute atomic E-state index is 6.85. The molecule has 0 saturated heterocycles. The van der Waals surface area contributed by atoms with Gasteiger partial charge in [0, 0.05) is 50.5 Å². The summed E-state index contributed by atoms with van der Waals surface area (Å²) in [6.45, 7) is -0.189. The van der Waals surface area contributed by atoms with Gasteiger partial charge in [0.15, 0.2) is 0 Å². The van der Waals surface area contributed by atoms with E-state index in [-0.39, 0.29) is 6.71 Å². The molecule has 2 aliphatic heterocycles. The number of para-hydroxylation sites is 5. The predicted octanol–water partition coefficient (Wildman–Crippen LogP) is 17.4. The van der Waals surface area contributed by atoms with Crippen molar-refractivity contribution in [2.24, 2.45) is 0 Å². The molecule has 0 radical (unpaired) electrons. The number of furan rings is 2. The molecule has 1 spiro atoms. The summed E-state index contributed by atoms with van der Waals surface area (Å²) in [5.41, 5.74) is 26.7. The van der Waals surface area contributed by atoms with Crippen molar-refractivity contribution in [3.8, 4) is 22.3 Å². The van der Waals surface area contributed by atoms with Crippen LogP contribution in [0.2, 0.25) is 0 Å². The maximum Gasteiger partial charge on any atom is 0.252 e. The van der Waals surface area contributed by atoms with Crippen molar-refractivity contribution >= 4 is 118 Å². The highest BCUT2D eigenvalue weighted by atomic mass is 16.3. The van der Waals surface area contributed by atoms with Gasteiger partial charge in [-0.3, -0.25) is 0 Å². The fourth-order valence-electron chi connectivity index (χ4n) is 14.7. The second-order valence-electron chi connectivity index (χ2n) is 21.4. The van der Waals surface area contributed by atoms with E-state index >= 15 is 0 Å². The number of benzene rings is 12. The Kier molecular flexibility index (Phi) is 8.62. The summed E-state index contributed by atoms with van der Waals surface area (Å²) in [5.74, 6) is 0. The molecule has 5 nitrogen and oxygen atoms in total. The molecule has 2 aromatic heterocycles. The molecule has 0 bridgehead atoms. The Bertz CT molecular complexity index is 4840. The zero-order chi connectivity index (χ0) is 51.5. The highest BCUT2D eigenvalue weighted by Gasteiger charge is 2.55. The minimum absolute atomic E-state index is 0.189. The Labute approximate surface area is 456 Å². The summed E-state index contributed by atoms with van der Waals surface area (Å²) >= 11 is 0. The number of hydrogen-bond donors (Lipinski definition) is 0. The number of hydrogen-bond acceptors (Lipinski definition) is 5. The molecule has 0 N–H and O–H groups in total. The molecular formula is C73H44BN3O2. The molecule has 0 fully saturated rings. The molecule has 79 heavy (non-hydrogen) atoms. The Balaban J connectivity index is 1.03. The van der Waals surface area contributed by atoms with Crippen molar-refractivity contribution in [2.45, 2.75) is 5.41 Å². The standard InChI is InChI=1S/C73H44BN3O2/c1-4-21-45(22-5-1)75(60-35-20-38-65-68(60)52-30-13-18-36-63(52)78-65)48-43-61-70-62(44-48)77(47-25-8-3-9-26-47)72-59(41-42-66-69(72)53-31-14-19-37-64(53)79-66)74(70)58-40-39-57-67(71(58)76(61)46-23-6-2-7-24-46)51-29-12-17-34-56(51)73(57)54-32-15-10-27-49(54)50-28-11-16-33-55(50)73/h1-44H. The van der Waals surface area contributed by atoms with Gasteiger partial charge in [-0.05, 0) is 134 Å². The van der Waals surface area contributed by atoms with E-state index in [1.54, 1.807) is 0 Å². The second kappa shape index (κ2) is 15.9. The highest BCUT2D eigenvalue weighted by molar-refractivity contribution is 7.00. The van der Waals surface area contributed by atoms with Gasteiger partial charge < -0.3 is 23.5 Å². The summed E-state index contributed by atoms with van der Waals surface area (Å²) in [6, 6.07) is 98.3. The number of fused-ring (bicyclic) bond motifs is 22. The predicted molar refractivity (Wildman–Crippen MR) is 326 cm³/mol. The molecule has 0 saturated carbocycles. The van der Waals surface area contributed by atoms with Crippen molar-refractivity contribution in [3.63, 3.8) is 0 Å². The zero-order valence-corrected chi connectivity index (χ0v) is 42.6. The maximum atomic E-state index is 6.85. The first-order chi connectivity index (χ1) is 39.2. The Morgan fingerprint density at radius 3 is 1.48 bits per heavy atom. The summed E-state index contributed by atoms with van der Waals surface area (Å²) in [7, 11) is 0. The molecule has 2 aliphatic carbocycles. The van der Waals surface area contributed by atoms with E-state index in [9.17, 15) is 0 Å². The van der Waals surface area contributed by atoms with Crippen LogP contribution in [0.5, 0.6) is 0 Å². The van der Waals surface area contributed by atoms with E-state index in [0.29, 0.717) is 0 Å². The molecule has 4 heterocycles. The number of anilines is 9. The van der Waals surface area contributed by atoms with Crippen LogP contribution in [0.3, 0.4) is 0 Å². The lowest BCUT2D eigenvalue weighted by atomic mass is 9.33. The average Bonchev–Trinajstić information content (AvgIpc) is 2.54. The first kappa shape index (κ1) is 42.9. The van der Waals surface area contributed by atoms with Gasteiger partial charge in [0.2, 0.25) is 0 Å². The third-order valence-corrected chi connectivity index (χ3v) is 17.6. The Hall–Kier alpha value is -10.3. The normalized spacial score (nSPS) is 13.8. The first-order valence-corrected chi connectivity index (χ1v) is 27.3. The number of rotatable bonds is 5. The van der Waals surface area contributed by atoms with Crippen molar-refractivity contribution in [2.75, 3.05) is 14.7 Å². The molecule has 12 aromatic carbocycles. The van der Waals surface area contributed by atoms with Gasteiger partial charge in [0.25, 0.3) is 6.71 Å². The Morgan fingerprint density at radius 1 is 0.354 bits per heavy atom. The van der Waals surface area contributed by atoms with E-state index in [4.69, 9.17) is 8.83 Å². The SMILES string of the molecule is c1ccc(N2c3cc(N(c4ccccc4)c4cccc5oc6ccccc6c45)cc4c3B(c3ccc5c(c32)-c2ccccc2C52c3ccccc3-c3ccccc32)c2ccc3oc5ccccc5c3c2N4c2ccccc2)cc1. The second-order valence-corrected chi connectivity index (χ2v) is 21.4. The largest absolute Gasteiger partial charge is 0.456 e. The summed E-state index contributed by atoms with van der Waals surface area (Å²) in [4.78, 5) is 7.60. The zero-order valence-electron chi connectivity index (χ0n) is 42.6. The quantitative estimate of drug-likeness (QED) is 0.161. The average molecular weight is 1010 g/mol. The third kappa shape index (κ3) is 5.59. The van der Waals surface area contributed by atoms with E-state index in [1.165, 1.54) is 66.6 Å². The molecular weight excluding hydrogens is 962 g/mol. The van der Waals surface area contributed by atoms with Crippen LogP contribution in [-0.4, -0.2) is 6.71 Å². The minimum atomic E-state index is -0.545. The van der Waals surface area contributed by atoms with Crippen LogP contribution in [0, 0.1) is 0 Å². The van der Waals surface area contributed by atoms with Gasteiger partial charge in [-0.25, -0.2) is 0 Å². The first-order valence-electron chi connectivity index (χ1n) is 27.3. The molecule has 366 valence electrons. The lowest BCUT2D eigenvalue weighted by Crippen LogP contribution is -2.61. The topological polar surface area (TPSA) is 36.0 Å². The molecule has 0 atom stereocenters. The fraction of sp³-hybridized carbons (Fsp3) is 0.0137. The van der Waals surface area contributed by atoms with Crippen molar-refractivity contribution in [1.29, 1.82) is 0 Å². The van der Waals surface area contributed by atoms with Gasteiger partial charge in [-0.2, -0.15) is 0 Å². The monoisotopic (exact) mass is 1010 g/mol. The summed E-state index contributed by atoms with van der Waals surface area (Å²) in [6.07, 6.45) is 0. The molecule has 14 aromatic rings. The summed E-state index contributed by atoms with van der Waals surface area (Å²) in [5, 5.41) is 4.32. The number of nitrogens with zero attached hydrogens (tertiary/aromatic N) is 3. The lowest BCUT2D eigenvalue weighted by Gasteiger charge is -2.46. The third-order valence-electron chi connectivity index (χ3n) is 17.6. The van der Waals surface area contributed by atoms with Gasteiger partial charge in [0.1, 0.15) is 22.3 Å². The molecule has 0 unspecified atom stereocenters. The van der Waals surface area contributed by atoms with Crippen LogP contribution < -0.4 is 31.1 Å². The van der Waals surface area contributed by atoms with Crippen molar-refractivity contribution < 1.29 is 8.83 Å². The molecule has 4 aliphatic rings. The molecule has 6 heteroatoms. The van der Waals surface area contributed by atoms with E-state index in [2.05, 4.69) is 282 Å². The highest BCUT2D eigenvalue weighted by Crippen LogP contribution is 2.65. The lowest BCUT2D eigenvalue weighted by molar-refractivity contribution is 0.668. The fourth-order valence-corrected chi connectivity index (χ4v) is 14.7. The van der Waals surface area contributed by atoms with Crippen LogP contribution in [-0.2, 0) is 5.41 Å². The van der Waals surface area contributed by atoms with Crippen LogP contribution in [0.15, 0.2) is 276 Å². The smallest absolute Gasteiger partial charge is 0.252 e. The molecule has 0 amide bonds. The van der Waals surface area contributed by atoms with E-state index in [1.807, 2.05) is 0 Å². The van der Waals surface area contributed by atoms with Gasteiger partial charge in [-0.1, -0.05) is 188 Å². The van der Waals surface area contributed by atoms with E-state index < -0.39 is 5.41 Å². The summed E-state index contributed by atoms with van der Waals surface area (Å²) < 4.78 is 13.5.